The molecule has 5 heteroatoms. The first-order chi connectivity index (χ1) is 10.5. The normalized spacial score (nSPS) is 13.9. The molecule has 0 saturated heterocycles. The molecule has 1 aromatic heterocycles. The maximum atomic E-state index is 12.9. The minimum absolute atomic E-state index is 0.0779. The molecule has 0 bridgehead atoms. The van der Waals surface area contributed by atoms with Gasteiger partial charge in [-0.25, -0.2) is 4.39 Å². The Morgan fingerprint density at radius 3 is 2.55 bits per heavy atom. The van der Waals surface area contributed by atoms with Gasteiger partial charge in [0.1, 0.15) is 11.6 Å². The summed E-state index contributed by atoms with van der Waals surface area (Å²) in [6.07, 6.45) is 1.62. The van der Waals surface area contributed by atoms with Crippen molar-refractivity contribution in [3.63, 3.8) is 0 Å². The SMILES string of the molecule is C[C@H](NC(=O)[C@@H](C)N(C)Cc1ccco1)c1ccc(F)cc1. The quantitative estimate of drug-likeness (QED) is 0.892. The third kappa shape index (κ3) is 4.18. The fourth-order valence-electron chi connectivity index (χ4n) is 2.15. The van der Waals surface area contributed by atoms with Gasteiger partial charge in [-0.2, -0.15) is 0 Å². The molecular weight excluding hydrogens is 283 g/mol. The van der Waals surface area contributed by atoms with Crippen molar-refractivity contribution in [2.75, 3.05) is 7.05 Å². The molecule has 0 spiro atoms. The number of carbonyl (C=O) groups excluding carboxylic acids is 1. The summed E-state index contributed by atoms with van der Waals surface area (Å²) in [6.45, 7) is 4.28. The molecule has 1 aromatic carbocycles. The maximum Gasteiger partial charge on any atom is 0.237 e. The van der Waals surface area contributed by atoms with Gasteiger partial charge in [-0.1, -0.05) is 12.1 Å². The second kappa shape index (κ2) is 7.22. The van der Waals surface area contributed by atoms with Crippen molar-refractivity contribution in [2.45, 2.75) is 32.5 Å². The van der Waals surface area contributed by atoms with Crippen LogP contribution in [0.15, 0.2) is 47.1 Å². The number of carbonyl (C=O) groups is 1. The predicted octanol–water partition coefficient (Wildman–Crippen LogP) is 3.12. The molecule has 118 valence electrons. The van der Waals surface area contributed by atoms with Crippen molar-refractivity contribution in [1.82, 2.24) is 10.2 Å². The molecule has 2 rings (SSSR count). The largest absolute Gasteiger partial charge is 0.468 e. The van der Waals surface area contributed by atoms with E-state index in [4.69, 9.17) is 4.42 Å². The van der Waals surface area contributed by atoms with Gasteiger partial charge >= 0.3 is 0 Å². The highest BCUT2D eigenvalue weighted by molar-refractivity contribution is 5.81. The second-order valence-electron chi connectivity index (χ2n) is 5.45. The number of benzene rings is 1. The van der Waals surface area contributed by atoms with Gasteiger partial charge < -0.3 is 9.73 Å². The molecule has 1 amide bonds. The van der Waals surface area contributed by atoms with Crippen LogP contribution in [0.5, 0.6) is 0 Å². The van der Waals surface area contributed by atoms with Crippen LogP contribution in [0.2, 0.25) is 0 Å². The zero-order valence-electron chi connectivity index (χ0n) is 13.0. The predicted molar refractivity (Wildman–Crippen MR) is 82.6 cm³/mol. The average Bonchev–Trinajstić information content (AvgIpc) is 2.99. The Balaban J connectivity index is 1.91. The van der Waals surface area contributed by atoms with E-state index < -0.39 is 0 Å². The number of amides is 1. The van der Waals surface area contributed by atoms with E-state index in [9.17, 15) is 9.18 Å². The van der Waals surface area contributed by atoms with Gasteiger partial charge in [0.05, 0.1) is 24.9 Å². The first-order valence-electron chi connectivity index (χ1n) is 7.26. The lowest BCUT2D eigenvalue weighted by Crippen LogP contribution is -2.43. The standard InChI is InChI=1S/C17H21FN2O2/c1-12(14-6-8-15(18)9-7-14)19-17(21)13(2)20(3)11-16-5-4-10-22-16/h4-10,12-13H,11H2,1-3H3,(H,19,21)/t12-,13+/m0/s1. The highest BCUT2D eigenvalue weighted by atomic mass is 19.1. The van der Waals surface area contributed by atoms with Crippen LogP contribution >= 0.6 is 0 Å². The number of rotatable bonds is 6. The zero-order chi connectivity index (χ0) is 16.1. The molecule has 0 saturated carbocycles. The Morgan fingerprint density at radius 1 is 1.27 bits per heavy atom. The molecule has 0 aliphatic rings. The average molecular weight is 304 g/mol. The van der Waals surface area contributed by atoms with Crippen LogP contribution in [-0.2, 0) is 11.3 Å². The molecule has 0 radical (unpaired) electrons. The van der Waals surface area contributed by atoms with Crippen molar-refractivity contribution in [3.8, 4) is 0 Å². The van der Waals surface area contributed by atoms with Crippen molar-refractivity contribution < 1.29 is 13.6 Å². The van der Waals surface area contributed by atoms with Crippen LogP contribution in [-0.4, -0.2) is 23.9 Å². The minimum Gasteiger partial charge on any atom is -0.468 e. The number of likely N-dealkylation sites (N-methyl/N-ethyl adjacent to an activating group) is 1. The zero-order valence-corrected chi connectivity index (χ0v) is 13.0. The molecule has 4 nitrogen and oxygen atoms in total. The maximum absolute atomic E-state index is 12.9. The highest BCUT2D eigenvalue weighted by Crippen LogP contribution is 2.14. The number of hydrogen-bond acceptors (Lipinski definition) is 3. The third-order valence-electron chi connectivity index (χ3n) is 3.75. The number of hydrogen-bond donors (Lipinski definition) is 1. The van der Waals surface area contributed by atoms with Gasteiger partial charge in [0.2, 0.25) is 5.91 Å². The fraction of sp³-hybridized carbons (Fsp3) is 0.353. The number of nitrogens with one attached hydrogen (secondary N) is 1. The molecule has 0 aliphatic heterocycles. The van der Waals surface area contributed by atoms with E-state index in [0.29, 0.717) is 6.54 Å². The summed E-state index contributed by atoms with van der Waals surface area (Å²) in [7, 11) is 1.87. The van der Waals surface area contributed by atoms with Gasteiger partial charge in [-0.15, -0.1) is 0 Å². The number of furan rings is 1. The van der Waals surface area contributed by atoms with Gasteiger partial charge in [-0.05, 0) is 50.7 Å². The first-order valence-corrected chi connectivity index (χ1v) is 7.26. The summed E-state index contributed by atoms with van der Waals surface area (Å²) < 4.78 is 18.2. The Labute approximate surface area is 129 Å². The van der Waals surface area contributed by atoms with Crippen LogP contribution in [0.1, 0.15) is 31.2 Å². The summed E-state index contributed by atoms with van der Waals surface area (Å²) in [4.78, 5) is 14.2. The Morgan fingerprint density at radius 2 is 1.95 bits per heavy atom. The number of halogens is 1. The Bertz CT molecular complexity index is 596. The lowest BCUT2D eigenvalue weighted by atomic mass is 10.1. The van der Waals surface area contributed by atoms with Crippen LogP contribution < -0.4 is 5.32 Å². The first kappa shape index (κ1) is 16.2. The van der Waals surface area contributed by atoms with Gasteiger partial charge in [0.25, 0.3) is 0 Å². The molecular formula is C17H21FN2O2. The molecule has 0 unspecified atom stereocenters. The molecule has 0 fully saturated rings. The van der Waals surface area contributed by atoms with Gasteiger partial charge in [0.15, 0.2) is 0 Å². The van der Waals surface area contributed by atoms with Crippen LogP contribution in [0.4, 0.5) is 4.39 Å². The van der Waals surface area contributed by atoms with Crippen molar-refractivity contribution in [3.05, 3.63) is 59.8 Å². The van der Waals surface area contributed by atoms with Crippen molar-refractivity contribution >= 4 is 5.91 Å². The van der Waals surface area contributed by atoms with E-state index in [2.05, 4.69) is 5.32 Å². The Hall–Kier alpha value is -2.14. The van der Waals surface area contributed by atoms with Crippen molar-refractivity contribution in [1.29, 1.82) is 0 Å². The van der Waals surface area contributed by atoms with E-state index in [0.717, 1.165) is 11.3 Å². The van der Waals surface area contributed by atoms with Crippen molar-refractivity contribution in [2.24, 2.45) is 0 Å². The van der Waals surface area contributed by atoms with Crippen LogP contribution in [0, 0.1) is 5.82 Å². The lowest BCUT2D eigenvalue weighted by molar-refractivity contribution is -0.126. The summed E-state index contributed by atoms with van der Waals surface area (Å²) in [5, 5.41) is 2.94. The van der Waals surface area contributed by atoms with Gasteiger partial charge in [-0.3, -0.25) is 9.69 Å². The highest BCUT2D eigenvalue weighted by Gasteiger charge is 2.20. The molecule has 2 aromatic rings. The van der Waals surface area contributed by atoms with E-state index in [-0.39, 0.29) is 23.8 Å². The van der Waals surface area contributed by atoms with E-state index >= 15 is 0 Å². The van der Waals surface area contributed by atoms with E-state index in [1.54, 1.807) is 18.4 Å². The van der Waals surface area contributed by atoms with Crippen LogP contribution in [0.25, 0.3) is 0 Å². The lowest BCUT2D eigenvalue weighted by Gasteiger charge is -2.25. The molecule has 2 atom stereocenters. The molecule has 1 heterocycles. The fourth-order valence-corrected chi connectivity index (χ4v) is 2.15. The number of nitrogens with zero attached hydrogens (tertiary/aromatic N) is 1. The van der Waals surface area contributed by atoms with Crippen LogP contribution in [0.3, 0.4) is 0 Å². The second-order valence-corrected chi connectivity index (χ2v) is 5.45. The topological polar surface area (TPSA) is 45.5 Å². The summed E-state index contributed by atoms with van der Waals surface area (Å²) in [6, 6.07) is 9.37. The van der Waals surface area contributed by atoms with E-state index in [1.807, 2.05) is 37.9 Å². The molecule has 22 heavy (non-hydrogen) atoms. The third-order valence-corrected chi connectivity index (χ3v) is 3.75. The molecule has 1 N–H and O–H groups in total. The van der Waals surface area contributed by atoms with Gasteiger partial charge in [0, 0.05) is 0 Å². The summed E-state index contributed by atoms with van der Waals surface area (Å²) >= 11 is 0. The smallest absolute Gasteiger partial charge is 0.237 e. The molecule has 0 aliphatic carbocycles. The monoisotopic (exact) mass is 304 g/mol. The minimum atomic E-state index is -0.298. The Kier molecular flexibility index (Phi) is 5.33. The summed E-state index contributed by atoms with van der Waals surface area (Å²) in [5.74, 6) is 0.452. The summed E-state index contributed by atoms with van der Waals surface area (Å²) in [5.41, 5.74) is 0.871. The van der Waals surface area contributed by atoms with E-state index in [1.165, 1.54) is 12.1 Å².